The second-order valence-corrected chi connectivity index (χ2v) is 9.77. The molecule has 1 aliphatic heterocycles. The van der Waals surface area contributed by atoms with Crippen molar-refractivity contribution in [2.45, 2.75) is 57.5 Å². The van der Waals surface area contributed by atoms with E-state index in [0.717, 1.165) is 29.8 Å². The van der Waals surface area contributed by atoms with Crippen LogP contribution < -0.4 is 10.6 Å². The molecule has 2 N–H and O–H groups in total. The highest BCUT2D eigenvalue weighted by Gasteiger charge is 2.45. The Hall–Kier alpha value is -3.76. The maximum atomic E-state index is 13.3. The van der Waals surface area contributed by atoms with Gasteiger partial charge in [-0.1, -0.05) is 30.3 Å². The molecular weight excluding hydrogens is 491 g/mol. The quantitative estimate of drug-likeness (QED) is 0.554. The zero-order valence-corrected chi connectivity index (χ0v) is 20.9. The lowest BCUT2D eigenvalue weighted by molar-refractivity contribution is -0.137. The zero-order valence-electron chi connectivity index (χ0n) is 20.9. The molecule has 0 unspecified atom stereocenters. The van der Waals surface area contributed by atoms with Gasteiger partial charge in [0.05, 0.1) is 5.56 Å². The number of halogens is 3. The third-order valence-electron chi connectivity index (χ3n) is 5.73. The molecule has 1 heterocycles. The van der Waals surface area contributed by atoms with Crippen LogP contribution in [-0.4, -0.2) is 47.2 Å². The number of hydrogen-bond donors (Lipinski definition) is 2. The second-order valence-electron chi connectivity index (χ2n) is 9.77. The molecule has 0 atom stereocenters. The van der Waals surface area contributed by atoms with Gasteiger partial charge in [-0.2, -0.15) is 13.2 Å². The van der Waals surface area contributed by atoms with E-state index in [0.29, 0.717) is 0 Å². The van der Waals surface area contributed by atoms with Crippen molar-refractivity contribution in [2.24, 2.45) is 0 Å². The molecule has 3 amide bonds. The molecule has 0 saturated carbocycles. The van der Waals surface area contributed by atoms with Crippen LogP contribution in [0.15, 0.2) is 54.6 Å². The summed E-state index contributed by atoms with van der Waals surface area (Å²) in [4.78, 5) is 39.9. The number of anilines is 1. The highest BCUT2D eigenvalue weighted by atomic mass is 19.4. The van der Waals surface area contributed by atoms with Crippen LogP contribution in [0.1, 0.15) is 44.7 Å². The van der Waals surface area contributed by atoms with Gasteiger partial charge in [-0.25, -0.2) is 9.59 Å². The van der Waals surface area contributed by atoms with Crippen LogP contribution in [0, 0.1) is 0 Å². The van der Waals surface area contributed by atoms with Gasteiger partial charge in [0.2, 0.25) is 5.91 Å². The summed E-state index contributed by atoms with van der Waals surface area (Å²) in [7, 11) is 0. The largest absolute Gasteiger partial charge is 0.445 e. The number of alkyl halides is 3. The first-order valence-corrected chi connectivity index (χ1v) is 11.7. The van der Waals surface area contributed by atoms with Crippen molar-refractivity contribution in [1.29, 1.82) is 0 Å². The average molecular weight is 522 g/mol. The molecule has 2 aromatic rings. The summed E-state index contributed by atoms with van der Waals surface area (Å²) in [6.07, 6.45) is -5.81. The summed E-state index contributed by atoms with van der Waals surface area (Å²) in [6.45, 7) is 5.40. The molecule has 37 heavy (non-hydrogen) atoms. The van der Waals surface area contributed by atoms with Gasteiger partial charge >= 0.3 is 18.4 Å². The zero-order chi connectivity index (χ0) is 27.3. The number of hydrogen-bond acceptors (Lipinski definition) is 5. The Morgan fingerprint density at radius 1 is 0.946 bits per heavy atom. The van der Waals surface area contributed by atoms with E-state index >= 15 is 0 Å². The molecule has 8 nitrogen and oxygen atoms in total. The van der Waals surface area contributed by atoms with Crippen molar-refractivity contribution in [2.75, 3.05) is 18.4 Å². The standard InChI is InChI=1S/C26H30F3N3O5/c1-24(2,3)37-23(35)32-15-13-25(14-16-32,31-22(34)36-17-18-7-5-4-6-8-18)21(33)30-20-11-9-19(10-12-20)26(27,28)29/h4-12H,13-17H2,1-3H3,(H,30,33)(H,31,34). The number of amides is 3. The summed E-state index contributed by atoms with van der Waals surface area (Å²) in [5, 5.41) is 5.22. The highest BCUT2D eigenvalue weighted by molar-refractivity contribution is 6.00. The van der Waals surface area contributed by atoms with Crippen LogP contribution in [0.5, 0.6) is 0 Å². The van der Waals surface area contributed by atoms with Crippen LogP contribution in [0.3, 0.4) is 0 Å². The van der Waals surface area contributed by atoms with Crippen LogP contribution in [0.25, 0.3) is 0 Å². The summed E-state index contributed by atoms with van der Waals surface area (Å²) in [6, 6.07) is 13.0. The fourth-order valence-corrected chi connectivity index (χ4v) is 3.75. The number of carbonyl (C=O) groups is 3. The van der Waals surface area contributed by atoms with Crippen molar-refractivity contribution in [3.05, 3.63) is 65.7 Å². The molecule has 0 spiro atoms. The third-order valence-corrected chi connectivity index (χ3v) is 5.73. The molecule has 0 radical (unpaired) electrons. The molecule has 0 aliphatic carbocycles. The van der Waals surface area contributed by atoms with Crippen LogP contribution in [0.2, 0.25) is 0 Å². The number of nitrogens with zero attached hydrogens (tertiary/aromatic N) is 1. The first-order valence-electron chi connectivity index (χ1n) is 11.7. The molecule has 0 bridgehead atoms. The number of rotatable bonds is 5. The summed E-state index contributed by atoms with van der Waals surface area (Å²) < 4.78 is 49.3. The maximum absolute atomic E-state index is 13.3. The van der Waals surface area contributed by atoms with Crippen molar-refractivity contribution in [3.63, 3.8) is 0 Å². The molecule has 0 aromatic heterocycles. The fraction of sp³-hybridized carbons (Fsp3) is 0.423. The van der Waals surface area contributed by atoms with Gasteiger partial charge in [-0.15, -0.1) is 0 Å². The topological polar surface area (TPSA) is 97.0 Å². The average Bonchev–Trinajstić information content (AvgIpc) is 2.82. The van der Waals surface area contributed by atoms with Crippen molar-refractivity contribution in [3.8, 4) is 0 Å². The van der Waals surface area contributed by atoms with Gasteiger partial charge in [0.15, 0.2) is 0 Å². The number of benzene rings is 2. The van der Waals surface area contributed by atoms with Gasteiger partial charge in [0.1, 0.15) is 17.7 Å². The van der Waals surface area contributed by atoms with E-state index < -0.39 is 41.0 Å². The Kier molecular flexibility index (Phi) is 8.35. The lowest BCUT2D eigenvalue weighted by atomic mass is 9.86. The molecule has 11 heteroatoms. The Bertz CT molecular complexity index is 1090. The van der Waals surface area contributed by atoms with Gasteiger partial charge in [-0.3, -0.25) is 4.79 Å². The number of alkyl carbamates (subject to hydrolysis) is 1. The van der Waals surface area contributed by atoms with E-state index in [9.17, 15) is 27.6 Å². The molecule has 1 aliphatic rings. The van der Waals surface area contributed by atoms with Crippen LogP contribution in [0.4, 0.5) is 28.4 Å². The molecule has 2 aromatic carbocycles. The van der Waals surface area contributed by atoms with Crippen molar-refractivity contribution >= 4 is 23.8 Å². The van der Waals surface area contributed by atoms with Crippen molar-refractivity contribution < 1.29 is 37.0 Å². The van der Waals surface area contributed by atoms with Gasteiger partial charge in [0, 0.05) is 18.8 Å². The number of likely N-dealkylation sites (tertiary alicyclic amines) is 1. The predicted molar refractivity (Wildman–Crippen MR) is 130 cm³/mol. The van der Waals surface area contributed by atoms with E-state index in [1.165, 1.54) is 4.90 Å². The second kappa shape index (κ2) is 11.1. The Labute approximate surface area is 213 Å². The highest BCUT2D eigenvalue weighted by Crippen LogP contribution is 2.31. The summed E-state index contributed by atoms with van der Waals surface area (Å²) >= 11 is 0. The third kappa shape index (κ3) is 7.86. The molecule has 200 valence electrons. The number of nitrogens with one attached hydrogen (secondary N) is 2. The van der Waals surface area contributed by atoms with E-state index in [4.69, 9.17) is 9.47 Å². The lowest BCUT2D eigenvalue weighted by Gasteiger charge is -2.40. The van der Waals surface area contributed by atoms with E-state index in [1.807, 2.05) is 6.07 Å². The van der Waals surface area contributed by atoms with Crippen LogP contribution in [-0.2, 0) is 27.1 Å². The minimum Gasteiger partial charge on any atom is -0.445 e. The smallest absolute Gasteiger partial charge is 0.416 e. The number of ether oxygens (including phenoxy) is 2. The fourth-order valence-electron chi connectivity index (χ4n) is 3.75. The number of piperidine rings is 1. The SMILES string of the molecule is CC(C)(C)OC(=O)N1CCC(NC(=O)OCc2ccccc2)(C(=O)Nc2ccc(C(F)(F)F)cc2)CC1. The minimum absolute atomic E-state index is 0.0205. The predicted octanol–water partition coefficient (Wildman–Crippen LogP) is 5.34. The molecule has 1 fully saturated rings. The Morgan fingerprint density at radius 2 is 1.54 bits per heavy atom. The van der Waals surface area contributed by atoms with E-state index in [2.05, 4.69) is 10.6 Å². The van der Waals surface area contributed by atoms with Crippen LogP contribution >= 0.6 is 0 Å². The van der Waals surface area contributed by atoms with Crippen molar-refractivity contribution in [1.82, 2.24) is 10.2 Å². The van der Waals surface area contributed by atoms with Gasteiger partial charge in [0.25, 0.3) is 0 Å². The molecular formula is C26H30F3N3O5. The molecule has 1 saturated heterocycles. The Morgan fingerprint density at radius 3 is 2.08 bits per heavy atom. The first-order chi connectivity index (χ1) is 17.3. The van der Waals surface area contributed by atoms with Gasteiger partial charge < -0.3 is 25.0 Å². The molecule has 3 rings (SSSR count). The van der Waals surface area contributed by atoms with E-state index in [-0.39, 0.29) is 38.2 Å². The number of carbonyl (C=O) groups excluding carboxylic acids is 3. The maximum Gasteiger partial charge on any atom is 0.416 e. The Balaban J connectivity index is 1.73. The first kappa shape index (κ1) is 27.8. The monoisotopic (exact) mass is 521 g/mol. The van der Waals surface area contributed by atoms with E-state index in [1.54, 1.807) is 45.0 Å². The minimum atomic E-state index is -4.51. The lowest BCUT2D eigenvalue weighted by Crippen LogP contribution is -2.62. The normalized spacial score (nSPS) is 15.5. The summed E-state index contributed by atoms with van der Waals surface area (Å²) in [5.41, 5.74) is -2.14. The van der Waals surface area contributed by atoms with Gasteiger partial charge in [-0.05, 0) is 63.4 Å². The summed E-state index contributed by atoms with van der Waals surface area (Å²) in [5.74, 6) is -0.632.